The summed E-state index contributed by atoms with van der Waals surface area (Å²) in [6.07, 6.45) is 8.11. The normalized spacial score (nSPS) is 40.9. The van der Waals surface area contributed by atoms with E-state index < -0.39 is 0 Å². The summed E-state index contributed by atoms with van der Waals surface area (Å²) in [6.45, 7) is 0. The summed E-state index contributed by atoms with van der Waals surface area (Å²) in [5.41, 5.74) is 0. The average Bonchev–Trinajstić information content (AvgIpc) is 2.21. The molecule has 0 aromatic carbocycles. The third-order valence-electron chi connectivity index (χ3n) is 1.84. The molecule has 9 heavy (non-hydrogen) atoms. The Morgan fingerprint density at radius 3 is 3.00 bits per heavy atom. The van der Waals surface area contributed by atoms with Crippen LogP contribution in [0.2, 0.25) is 0 Å². The Labute approximate surface area is 54.4 Å². The maximum Gasteiger partial charge on any atom is 0.111 e. The SMILES string of the molecule is C1=CC2CCC(C1)OO2. The molecule has 1 saturated heterocycles. The monoisotopic (exact) mass is 126 g/mol. The minimum atomic E-state index is 0.240. The topological polar surface area (TPSA) is 18.5 Å². The van der Waals surface area contributed by atoms with E-state index in [1.807, 2.05) is 0 Å². The highest BCUT2D eigenvalue weighted by Crippen LogP contribution is 2.23. The molecule has 2 heteroatoms. The molecule has 2 bridgehead atoms. The molecule has 0 N–H and O–H groups in total. The first-order chi connectivity index (χ1) is 4.45. The molecule has 2 aliphatic heterocycles. The van der Waals surface area contributed by atoms with Crippen LogP contribution < -0.4 is 0 Å². The summed E-state index contributed by atoms with van der Waals surface area (Å²) < 4.78 is 0. The second-order valence-electron chi connectivity index (χ2n) is 2.59. The third-order valence-corrected chi connectivity index (χ3v) is 1.84. The molecule has 0 aromatic rings. The molecule has 0 aromatic heterocycles. The first-order valence-electron chi connectivity index (χ1n) is 3.44. The van der Waals surface area contributed by atoms with Crippen LogP contribution >= 0.6 is 0 Å². The molecule has 1 aliphatic carbocycles. The Bertz CT molecular complexity index is 123. The molecule has 0 amide bonds. The van der Waals surface area contributed by atoms with E-state index in [9.17, 15) is 0 Å². The van der Waals surface area contributed by atoms with Gasteiger partial charge in [0.1, 0.15) is 6.10 Å². The van der Waals surface area contributed by atoms with Gasteiger partial charge in [0.2, 0.25) is 0 Å². The second kappa shape index (κ2) is 2.12. The predicted molar refractivity (Wildman–Crippen MR) is 32.7 cm³/mol. The molecular weight excluding hydrogens is 116 g/mol. The van der Waals surface area contributed by atoms with E-state index in [2.05, 4.69) is 12.2 Å². The Hall–Kier alpha value is -0.340. The highest BCUT2D eigenvalue weighted by atomic mass is 17.2. The van der Waals surface area contributed by atoms with Gasteiger partial charge in [0, 0.05) is 0 Å². The molecule has 0 radical (unpaired) electrons. The van der Waals surface area contributed by atoms with Gasteiger partial charge >= 0.3 is 0 Å². The van der Waals surface area contributed by atoms with E-state index in [1.165, 1.54) is 0 Å². The standard InChI is InChI=1S/C7H10O2/c1-2-6-4-5-7(3-1)9-8-6/h1-2,6-7H,3-5H2. The fourth-order valence-electron chi connectivity index (χ4n) is 1.26. The number of hydrogen-bond acceptors (Lipinski definition) is 2. The molecule has 0 saturated carbocycles. The van der Waals surface area contributed by atoms with Crippen molar-refractivity contribution in [3.63, 3.8) is 0 Å². The number of fused-ring (bicyclic) bond motifs is 3. The van der Waals surface area contributed by atoms with Gasteiger partial charge in [-0.15, -0.1) is 0 Å². The minimum Gasteiger partial charge on any atom is -0.232 e. The molecule has 2 heterocycles. The van der Waals surface area contributed by atoms with Crippen molar-refractivity contribution in [2.45, 2.75) is 31.5 Å². The highest BCUT2D eigenvalue weighted by Gasteiger charge is 2.23. The molecule has 3 aliphatic rings. The fraction of sp³-hybridized carbons (Fsp3) is 0.714. The Morgan fingerprint density at radius 2 is 2.22 bits per heavy atom. The van der Waals surface area contributed by atoms with E-state index >= 15 is 0 Å². The predicted octanol–water partition coefficient (Wildman–Crippen LogP) is 1.43. The van der Waals surface area contributed by atoms with Crippen molar-refractivity contribution < 1.29 is 9.78 Å². The lowest BCUT2D eigenvalue weighted by Crippen LogP contribution is -2.22. The second-order valence-corrected chi connectivity index (χ2v) is 2.59. The largest absolute Gasteiger partial charge is 0.232 e. The molecule has 2 unspecified atom stereocenters. The van der Waals surface area contributed by atoms with Crippen LogP contribution in [-0.2, 0) is 9.78 Å². The summed E-state index contributed by atoms with van der Waals surface area (Å²) >= 11 is 0. The van der Waals surface area contributed by atoms with Crippen molar-refractivity contribution in [2.75, 3.05) is 0 Å². The van der Waals surface area contributed by atoms with Crippen molar-refractivity contribution in [1.29, 1.82) is 0 Å². The van der Waals surface area contributed by atoms with Gasteiger partial charge in [-0.05, 0) is 19.3 Å². The van der Waals surface area contributed by atoms with Gasteiger partial charge in [0.05, 0.1) is 6.10 Å². The van der Waals surface area contributed by atoms with Crippen LogP contribution in [0.1, 0.15) is 19.3 Å². The first kappa shape index (κ1) is 5.45. The van der Waals surface area contributed by atoms with Crippen LogP contribution in [0.4, 0.5) is 0 Å². The van der Waals surface area contributed by atoms with Crippen molar-refractivity contribution in [2.24, 2.45) is 0 Å². The van der Waals surface area contributed by atoms with E-state index in [-0.39, 0.29) is 6.10 Å². The summed E-state index contributed by atoms with van der Waals surface area (Å²) in [7, 11) is 0. The molecule has 50 valence electrons. The first-order valence-corrected chi connectivity index (χ1v) is 3.44. The van der Waals surface area contributed by atoms with Crippen molar-refractivity contribution in [3.05, 3.63) is 12.2 Å². The fourth-order valence-corrected chi connectivity index (χ4v) is 1.26. The molecule has 0 spiro atoms. The Morgan fingerprint density at radius 1 is 1.22 bits per heavy atom. The number of hydrogen-bond donors (Lipinski definition) is 0. The van der Waals surface area contributed by atoms with Gasteiger partial charge in [0.25, 0.3) is 0 Å². The van der Waals surface area contributed by atoms with Crippen LogP contribution in [0.3, 0.4) is 0 Å². The smallest absolute Gasteiger partial charge is 0.111 e. The van der Waals surface area contributed by atoms with E-state index in [0.29, 0.717) is 6.10 Å². The lowest BCUT2D eigenvalue weighted by molar-refractivity contribution is -0.360. The average molecular weight is 126 g/mol. The quantitative estimate of drug-likeness (QED) is 0.361. The molecule has 2 nitrogen and oxygen atoms in total. The van der Waals surface area contributed by atoms with E-state index in [1.54, 1.807) is 0 Å². The van der Waals surface area contributed by atoms with Gasteiger partial charge in [-0.25, -0.2) is 9.78 Å². The van der Waals surface area contributed by atoms with Gasteiger partial charge in [-0.3, -0.25) is 0 Å². The zero-order chi connectivity index (χ0) is 6.10. The van der Waals surface area contributed by atoms with Gasteiger partial charge in [-0.1, -0.05) is 12.2 Å². The van der Waals surface area contributed by atoms with E-state index in [0.717, 1.165) is 19.3 Å². The lowest BCUT2D eigenvalue weighted by Gasteiger charge is -2.21. The molecule has 1 fully saturated rings. The molecule has 2 atom stereocenters. The van der Waals surface area contributed by atoms with Crippen molar-refractivity contribution in [3.8, 4) is 0 Å². The van der Waals surface area contributed by atoms with Gasteiger partial charge in [0.15, 0.2) is 0 Å². The van der Waals surface area contributed by atoms with Crippen LogP contribution in [0.5, 0.6) is 0 Å². The van der Waals surface area contributed by atoms with Crippen molar-refractivity contribution in [1.82, 2.24) is 0 Å². The van der Waals surface area contributed by atoms with Gasteiger partial charge in [-0.2, -0.15) is 0 Å². The summed E-state index contributed by atoms with van der Waals surface area (Å²) in [6, 6.07) is 0. The van der Waals surface area contributed by atoms with Gasteiger partial charge < -0.3 is 0 Å². The Kier molecular flexibility index (Phi) is 1.28. The summed E-state index contributed by atoms with van der Waals surface area (Å²) in [5.74, 6) is 0. The Balaban J connectivity index is 2.13. The number of rotatable bonds is 0. The maximum atomic E-state index is 5.04. The molecule has 3 rings (SSSR count). The third kappa shape index (κ3) is 1.00. The summed E-state index contributed by atoms with van der Waals surface area (Å²) in [5, 5.41) is 0. The molecular formula is C7H10O2. The van der Waals surface area contributed by atoms with Crippen LogP contribution in [0.15, 0.2) is 12.2 Å². The zero-order valence-corrected chi connectivity index (χ0v) is 5.25. The van der Waals surface area contributed by atoms with E-state index in [4.69, 9.17) is 9.78 Å². The highest BCUT2D eigenvalue weighted by molar-refractivity contribution is 4.96. The van der Waals surface area contributed by atoms with Crippen LogP contribution in [-0.4, -0.2) is 12.2 Å². The zero-order valence-electron chi connectivity index (χ0n) is 5.25. The maximum absolute atomic E-state index is 5.04. The van der Waals surface area contributed by atoms with Crippen LogP contribution in [0, 0.1) is 0 Å². The van der Waals surface area contributed by atoms with Crippen LogP contribution in [0.25, 0.3) is 0 Å². The summed E-state index contributed by atoms with van der Waals surface area (Å²) in [4.78, 5) is 10.1. The minimum absolute atomic E-state index is 0.240. The lowest BCUT2D eigenvalue weighted by atomic mass is 10.1. The van der Waals surface area contributed by atoms with Crippen molar-refractivity contribution >= 4 is 0 Å².